The minimum atomic E-state index is -0.688. The third-order valence-electron chi connectivity index (χ3n) is 5.49. The fraction of sp³-hybridized carbons (Fsp3) is 0.478. The van der Waals surface area contributed by atoms with Gasteiger partial charge in [0, 0.05) is 37.4 Å². The van der Waals surface area contributed by atoms with Gasteiger partial charge in [0.2, 0.25) is 11.8 Å². The van der Waals surface area contributed by atoms with Gasteiger partial charge in [-0.15, -0.1) is 11.6 Å². The highest BCUT2D eigenvalue weighted by Gasteiger charge is 2.36. The molecule has 1 unspecified atom stereocenters. The van der Waals surface area contributed by atoms with Gasteiger partial charge in [-0.1, -0.05) is 37.3 Å². The molecule has 1 aromatic heterocycles. The number of fused-ring (bicyclic) bond motifs is 1. The van der Waals surface area contributed by atoms with E-state index in [9.17, 15) is 9.59 Å². The van der Waals surface area contributed by atoms with Gasteiger partial charge in [-0.25, -0.2) is 0 Å². The number of rotatable bonds is 7. The van der Waals surface area contributed by atoms with E-state index in [2.05, 4.69) is 29.0 Å². The summed E-state index contributed by atoms with van der Waals surface area (Å²) in [6, 6.07) is 14.0. The highest BCUT2D eigenvalue weighted by molar-refractivity contribution is 6.19. The van der Waals surface area contributed by atoms with Crippen molar-refractivity contribution in [2.75, 3.05) is 25.5 Å². The Hall–Kier alpha value is -2.27. The molecule has 3 rings (SSSR count). The van der Waals surface area contributed by atoms with E-state index >= 15 is 0 Å². The quantitative estimate of drug-likeness (QED) is 0.643. The van der Waals surface area contributed by atoms with Crippen LogP contribution in [0.25, 0.3) is 0 Å². The summed E-state index contributed by atoms with van der Waals surface area (Å²) in [6.45, 7) is 7.67. The smallest absolute Gasteiger partial charge is 0.243 e. The van der Waals surface area contributed by atoms with Crippen molar-refractivity contribution in [3.8, 4) is 0 Å². The van der Waals surface area contributed by atoms with Gasteiger partial charge in [0.05, 0.1) is 18.0 Å². The van der Waals surface area contributed by atoms with Crippen LogP contribution in [0.15, 0.2) is 48.7 Å². The maximum absolute atomic E-state index is 13.4. The van der Waals surface area contributed by atoms with Gasteiger partial charge >= 0.3 is 0 Å². The second-order valence-corrected chi connectivity index (χ2v) is 8.54. The average Bonchev–Trinajstić information content (AvgIpc) is 3.21. The third-order valence-corrected chi connectivity index (χ3v) is 6.16. The summed E-state index contributed by atoms with van der Waals surface area (Å²) < 4.78 is 2.20. The fourth-order valence-electron chi connectivity index (χ4n) is 3.90. The molecule has 0 saturated heterocycles. The first kappa shape index (κ1) is 21.4. The predicted molar refractivity (Wildman–Crippen MR) is 116 cm³/mol. The molecule has 0 radical (unpaired) electrons. The minimum absolute atomic E-state index is 0.0292. The second-order valence-electron chi connectivity index (χ2n) is 8.27. The summed E-state index contributed by atoms with van der Waals surface area (Å²) in [6.07, 6.45) is 2.85. The molecule has 2 aromatic rings. The number of nitrogens with zero attached hydrogens (tertiary/aromatic N) is 3. The molecule has 1 aliphatic rings. The minimum Gasteiger partial charge on any atom is -0.348 e. The topological polar surface area (TPSA) is 45.6 Å². The van der Waals surface area contributed by atoms with Crippen molar-refractivity contribution in [3.63, 3.8) is 0 Å². The van der Waals surface area contributed by atoms with E-state index in [-0.39, 0.29) is 30.3 Å². The van der Waals surface area contributed by atoms with Crippen LogP contribution in [0.1, 0.15) is 44.5 Å². The zero-order valence-corrected chi connectivity index (χ0v) is 18.2. The van der Waals surface area contributed by atoms with Gasteiger partial charge in [-0.05, 0) is 38.0 Å². The van der Waals surface area contributed by atoms with Gasteiger partial charge in [0.15, 0.2) is 0 Å². The van der Waals surface area contributed by atoms with E-state index in [0.29, 0.717) is 13.1 Å². The van der Waals surface area contributed by atoms with Crippen molar-refractivity contribution < 1.29 is 9.59 Å². The van der Waals surface area contributed by atoms with Crippen LogP contribution in [0.4, 0.5) is 0 Å². The molecule has 6 heteroatoms. The number of carbonyl (C=O) groups excluding carboxylic acids is 2. The zero-order valence-electron chi connectivity index (χ0n) is 17.5. The highest BCUT2D eigenvalue weighted by atomic mass is 35.5. The van der Waals surface area contributed by atoms with Crippen LogP contribution in [0.2, 0.25) is 0 Å². The molecule has 1 aliphatic heterocycles. The average molecular weight is 416 g/mol. The summed E-state index contributed by atoms with van der Waals surface area (Å²) in [5, 5.41) is 0. The number of benzene rings is 1. The van der Waals surface area contributed by atoms with Crippen LogP contribution in [-0.4, -0.2) is 51.7 Å². The summed E-state index contributed by atoms with van der Waals surface area (Å²) in [5.74, 6) is 0.127. The number of halogens is 1. The van der Waals surface area contributed by atoms with Gasteiger partial charge < -0.3 is 14.4 Å². The second kappa shape index (κ2) is 9.04. The first-order valence-corrected chi connectivity index (χ1v) is 10.8. The fourth-order valence-corrected chi connectivity index (χ4v) is 4.01. The molecule has 0 bridgehead atoms. The lowest BCUT2D eigenvalue weighted by atomic mass is 9.94. The Kier molecular flexibility index (Phi) is 6.68. The number of amides is 2. The Morgan fingerprint density at radius 1 is 1.14 bits per heavy atom. The van der Waals surface area contributed by atoms with E-state index in [4.69, 9.17) is 11.6 Å². The van der Waals surface area contributed by atoms with Crippen LogP contribution < -0.4 is 0 Å². The number of aromatic nitrogens is 1. The lowest BCUT2D eigenvalue weighted by Gasteiger charge is -2.39. The standard InChI is InChI=1S/C23H30ClN3O2/c1-4-12-26(22(29)23(2,3)17-24)16-20(28)27-15-14-25-13-8-11-19(25)21(27)18-9-6-5-7-10-18/h5-11,13,21H,4,12,14-17H2,1-3H3. The van der Waals surface area contributed by atoms with Gasteiger partial charge in [-0.3, -0.25) is 9.59 Å². The lowest BCUT2D eigenvalue weighted by molar-refractivity contribution is -0.146. The van der Waals surface area contributed by atoms with Gasteiger partial charge in [0.1, 0.15) is 0 Å². The molecule has 0 N–H and O–H groups in total. The normalized spacial score (nSPS) is 16.4. The van der Waals surface area contributed by atoms with Gasteiger partial charge in [0.25, 0.3) is 0 Å². The molecule has 0 fully saturated rings. The summed E-state index contributed by atoms with van der Waals surface area (Å²) >= 11 is 6.02. The van der Waals surface area contributed by atoms with Gasteiger partial charge in [-0.2, -0.15) is 0 Å². The Labute approximate surface area is 178 Å². The number of carbonyl (C=O) groups is 2. The molecule has 2 heterocycles. The Balaban J connectivity index is 1.87. The van der Waals surface area contributed by atoms with Crippen LogP contribution in [0.5, 0.6) is 0 Å². The van der Waals surface area contributed by atoms with E-state index in [1.54, 1.807) is 4.90 Å². The number of alkyl halides is 1. The summed E-state index contributed by atoms with van der Waals surface area (Å²) in [7, 11) is 0. The van der Waals surface area contributed by atoms with Crippen molar-refractivity contribution in [1.29, 1.82) is 0 Å². The molecule has 2 amide bonds. The first-order chi connectivity index (χ1) is 13.9. The van der Waals surface area contributed by atoms with Crippen molar-refractivity contribution in [3.05, 3.63) is 59.9 Å². The van der Waals surface area contributed by atoms with E-state index in [1.165, 1.54) is 0 Å². The maximum Gasteiger partial charge on any atom is 0.243 e. The Morgan fingerprint density at radius 3 is 2.52 bits per heavy atom. The Morgan fingerprint density at radius 2 is 1.86 bits per heavy atom. The molecule has 156 valence electrons. The van der Waals surface area contributed by atoms with Crippen LogP contribution in [0.3, 0.4) is 0 Å². The monoisotopic (exact) mass is 415 g/mol. The number of hydrogen-bond acceptors (Lipinski definition) is 2. The lowest BCUT2D eigenvalue weighted by Crippen LogP contribution is -2.50. The molecule has 5 nitrogen and oxygen atoms in total. The molecule has 29 heavy (non-hydrogen) atoms. The molecule has 1 aromatic carbocycles. The van der Waals surface area contributed by atoms with E-state index < -0.39 is 5.41 Å². The van der Waals surface area contributed by atoms with Crippen LogP contribution in [-0.2, 0) is 16.1 Å². The largest absolute Gasteiger partial charge is 0.348 e. The van der Waals surface area contributed by atoms with E-state index in [1.807, 2.05) is 49.9 Å². The maximum atomic E-state index is 13.4. The van der Waals surface area contributed by atoms with Crippen molar-refractivity contribution in [1.82, 2.24) is 14.4 Å². The van der Waals surface area contributed by atoms with Crippen molar-refractivity contribution in [2.45, 2.75) is 39.8 Å². The Bertz CT molecular complexity index is 847. The number of hydrogen-bond donors (Lipinski definition) is 0. The first-order valence-electron chi connectivity index (χ1n) is 10.2. The molecule has 0 saturated carbocycles. The summed E-state index contributed by atoms with van der Waals surface area (Å²) in [4.78, 5) is 30.0. The molecular weight excluding hydrogens is 386 g/mol. The van der Waals surface area contributed by atoms with Crippen molar-refractivity contribution >= 4 is 23.4 Å². The van der Waals surface area contributed by atoms with Crippen LogP contribution >= 0.6 is 11.6 Å². The van der Waals surface area contributed by atoms with Crippen molar-refractivity contribution in [2.24, 2.45) is 5.41 Å². The zero-order chi connectivity index (χ0) is 21.0. The molecule has 0 spiro atoms. The highest BCUT2D eigenvalue weighted by Crippen LogP contribution is 2.32. The predicted octanol–water partition coefficient (Wildman–Crippen LogP) is 3.92. The third kappa shape index (κ3) is 4.50. The SMILES string of the molecule is CCCN(CC(=O)N1CCn2cccc2C1c1ccccc1)C(=O)C(C)(C)CCl. The molecule has 0 aliphatic carbocycles. The molecular formula is C23H30ClN3O2. The summed E-state index contributed by atoms with van der Waals surface area (Å²) in [5.41, 5.74) is 1.49. The van der Waals surface area contributed by atoms with Crippen LogP contribution in [0, 0.1) is 5.41 Å². The molecule has 1 atom stereocenters. The van der Waals surface area contributed by atoms with E-state index in [0.717, 1.165) is 24.2 Å².